The Labute approximate surface area is 122 Å². The van der Waals surface area contributed by atoms with E-state index in [1.54, 1.807) is 0 Å². The lowest BCUT2D eigenvalue weighted by Crippen LogP contribution is -2.34. The van der Waals surface area contributed by atoms with Gasteiger partial charge in [-0.1, -0.05) is 0 Å². The number of rotatable bonds is 7. The van der Waals surface area contributed by atoms with Crippen molar-refractivity contribution < 1.29 is 23.1 Å². The molecule has 2 N–H and O–H groups in total. The summed E-state index contributed by atoms with van der Waals surface area (Å²) >= 11 is 0. The van der Waals surface area contributed by atoms with E-state index in [0.717, 1.165) is 4.31 Å². The summed E-state index contributed by atoms with van der Waals surface area (Å²) in [5.74, 6) is -0.891. The molecule has 0 amide bonds. The van der Waals surface area contributed by atoms with E-state index in [0.29, 0.717) is 5.56 Å². The van der Waals surface area contributed by atoms with Crippen LogP contribution < -0.4 is 9.46 Å². The Balaban J connectivity index is 2.94. The van der Waals surface area contributed by atoms with Gasteiger partial charge in [0, 0.05) is 19.7 Å². The average molecular weight is 313 g/mol. The van der Waals surface area contributed by atoms with Gasteiger partial charge in [-0.05, 0) is 12.1 Å². The fraction of sp³-hybridized carbons (Fsp3) is 0.333. The van der Waals surface area contributed by atoms with Crippen LogP contribution in [-0.4, -0.2) is 44.5 Å². The zero-order valence-corrected chi connectivity index (χ0v) is 12.3. The minimum absolute atomic E-state index is 0.163. The molecule has 114 valence electrons. The molecule has 0 saturated heterocycles. The molecule has 1 aromatic rings. The van der Waals surface area contributed by atoms with E-state index in [9.17, 15) is 13.2 Å². The van der Waals surface area contributed by atoms with Crippen LogP contribution in [0.25, 0.3) is 0 Å². The number of carbonyl (C=O) groups is 1. The van der Waals surface area contributed by atoms with Crippen molar-refractivity contribution in [1.29, 1.82) is 5.26 Å². The third-order valence-corrected chi connectivity index (χ3v) is 4.10. The first-order chi connectivity index (χ1) is 9.80. The quantitative estimate of drug-likeness (QED) is 0.762. The van der Waals surface area contributed by atoms with Gasteiger partial charge in [0.1, 0.15) is 5.75 Å². The van der Waals surface area contributed by atoms with Crippen LogP contribution in [0.3, 0.4) is 0 Å². The molecule has 0 aliphatic rings. The van der Waals surface area contributed by atoms with Crippen LogP contribution in [0.2, 0.25) is 0 Å². The molecule has 0 radical (unpaired) electrons. The zero-order valence-electron chi connectivity index (χ0n) is 11.5. The number of carboxylic acids is 1. The number of nitrogens with one attached hydrogen (secondary N) is 1. The second kappa shape index (κ2) is 6.92. The van der Waals surface area contributed by atoms with E-state index < -0.39 is 16.2 Å². The number of ether oxygens (including phenoxy) is 1. The largest absolute Gasteiger partial charge is 0.495 e. The number of methoxy groups -OCH3 is 1. The molecule has 0 spiro atoms. The first-order valence-electron chi connectivity index (χ1n) is 5.84. The van der Waals surface area contributed by atoms with Crippen molar-refractivity contribution in [2.24, 2.45) is 0 Å². The second-order valence-electron chi connectivity index (χ2n) is 4.10. The number of hydrogen-bond acceptors (Lipinski definition) is 5. The molecule has 0 aliphatic carbocycles. The predicted molar refractivity (Wildman–Crippen MR) is 75.1 cm³/mol. The van der Waals surface area contributed by atoms with Crippen LogP contribution in [-0.2, 0) is 15.0 Å². The van der Waals surface area contributed by atoms with Gasteiger partial charge < -0.3 is 9.84 Å². The number of benzene rings is 1. The molecule has 0 fully saturated rings. The van der Waals surface area contributed by atoms with Crippen LogP contribution in [0.1, 0.15) is 12.0 Å². The van der Waals surface area contributed by atoms with E-state index in [1.165, 1.54) is 32.4 Å². The van der Waals surface area contributed by atoms with Crippen LogP contribution >= 0.6 is 0 Å². The lowest BCUT2D eigenvalue weighted by atomic mass is 10.2. The second-order valence-corrected chi connectivity index (χ2v) is 5.88. The molecule has 0 atom stereocenters. The van der Waals surface area contributed by atoms with Crippen molar-refractivity contribution in [2.45, 2.75) is 6.42 Å². The van der Waals surface area contributed by atoms with Crippen LogP contribution in [0.15, 0.2) is 18.2 Å². The van der Waals surface area contributed by atoms with Gasteiger partial charge in [0.2, 0.25) is 0 Å². The number of aliphatic carboxylic acids is 1. The van der Waals surface area contributed by atoms with Gasteiger partial charge in [-0.2, -0.15) is 18.0 Å². The number of nitriles is 1. The average Bonchev–Trinajstić information content (AvgIpc) is 2.44. The number of nitrogens with zero attached hydrogens (tertiary/aromatic N) is 2. The minimum atomic E-state index is -3.90. The van der Waals surface area contributed by atoms with Crippen LogP contribution in [0.5, 0.6) is 5.75 Å². The number of hydrogen-bond donors (Lipinski definition) is 2. The van der Waals surface area contributed by atoms with E-state index in [4.69, 9.17) is 15.1 Å². The van der Waals surface area contributed by atoms with Crippen molar-refractivity contribution in [1.82, 2.24) is 4.31 Å². The Hall–Kier alpha value is -2.31. The highest BCUT2D eigenvalue weighted by atomic mass is 32.2. The fourth-order valence-corrected chi connectivity index (χ4v) is 2.37. The van der Waals surface area contributed by atoms with Crippen molar-refractivity contribution in [3.05, 3.63) is 23.8 Å². The highest BCUT2D eigenvalue weighted by Crippen LogP contribution is 2.26. The summed E-state index contributed by atoms with van der Waals surface area (Å²) in [4.78, 5) is 10.5. The molecule has 1 aromatic carbocycles. The monoisotopic (exact) mass is 313 g/mol. The predicted octanol–water partition coefficient (Wildman–Crippen LogP) is 0.630. The molecule has 0 saturated carbocycles. The molecule has 9 heteroatoms. The van der Waals surface area contributed by atoms with Crippen LogP contribution in [0.4, 0.5) is 5.69 Å². The highest BCUT2D eigenvalue weighted by Gasteiger charge is 2.20. The molecule has 8 nitrogen and oxygen atoms in total. The van der Waals surface area contributed by atoms with Gasteiger partial charge in [-0.25, -0.2) is 0 Å². The van der Waals surface area contributed by atoms with E-state index >= 15 is 0 Å². The third-order valence-electron chi connectivity index (χ3n) is 2.62. The molecule has 0 unspecified atom stereocenters. The zero-order chi connectivity index (χ0) is 16.0. The van der Waals surface area contributed by atoms with Crippen molar-refractivity contribution >= 4 is 21.9 Å². The highest BCUT2D eigenvalue weighted by molar-refractivity contribution is 7.90. The standard InChI is InChI=1S/C12H15N3O5S/c1-15(6-5-12(16)17)21(18,19)14-10-4-3-9(8-13)7-11(10)20-2/h3-4,7,14H,5-6H2,1-2H3,(H,16,17). The van der Waals surface area contributed by atoms with E-state index in [2.05, 4.69) is 4.72 Å². The van der Waals surface area contributed by atoms with E-state index in [-0.39, 0.29) is 24.4 Å². The summed E-state index contributed by atoms with van der Waals surface area (Å²) < 4.78 is 32.3. The van der Waals surface area contributed by atoms with Gasteiger partial charge in [0.05, 0.1) is 30.9 Å². The van der Waals surface area contributed by atoms with Gasteiger partial charge in [-0.15, -0.1) is 0 Å². The summed E-state index contributed by atoms with van der Waals surface area (Å²) in [5, 5.41) is 17.3. The van der Waals surface area contributed by atoms with Crippen LogP contribution in [0, 0.1) is 11.3 Å². The Morgan fingerprint density at radius 3 is 2.71 bits per heavy atom. The van der Waals surface area contributed by atoms with E-state index in [1.807, 2.05) is 6.07 Å². The number of carboxylic acid groups (broad SMARTS) is 1. The molecular formula is C12H15N3O5S. The van der Waals surface area contributed by atoms with Crippen molar-refractivity contribution in [3.63, 3.8) is 0 Å². The summed E-state index contributed by atoms with van der Waals surface area (Å²) in [7, 11) is -1.29. The molecule has 0 bridgehead atoms. The molecule has 0 heterocycles. The maximum absolute atomic E-state index is 12.0. The maximum Gasteiger partial charge on any atom is 0.304 e. The van der Waals surface area contributed by atoms with Gasteiger partial charge >= 0.3 is 16.2 Å². The SMILES string of the molecule is COc1cc(C#N)ccc1NS(=O)(=O)N(C)CCC(=O)O. The van der Waals surface area contributed by atoms with Gasteiger partial charge in [0.25, 0.3) is 0 Å². The van der Waals surface area contributed by atoms with Gasteiger partial charge in [0.15, 0.2) is 0 Å². The Kier molecular flexibility index (Phi) is 5.52. The number of anilines is 1. The molecule has 1 rings (SSSR count). The molecule has 21 heavy (non-hydrogen) atoms. The summed E-state index contributed by atoms with van der Waals surface area (Å²) in [6.45, 7) is -0.163. The minimum Gasteiger partial charge on any atom is -0.495 e. The topological polar surface area (TPSA) is 120 Å². The Bertz CT molecular complexity index is 666. The fourth-order valence-electron chi connectivity index (χ4n) is 1.44. The first-order valence-corrected chi connectivity index (χ1v) is 7.28. The third kappa shape index (κ3) is 4.62. The van der Waals surface area contributed by atoms with Crippen molar-refractivity contribution in [3.8, 4) is 11.8 Å². The molecule has 0 aromatic heterocycles. The van der Waals surface area contributed by atoms with Gasteiger partial charge in [-0.3, -0.25) is 9.52 Å². The molecule has 0 aliphatic heterocycles. The Morgan fingerprint density at radius 2 is 2.19 bits per heavy atom. The summed E-state index contributed by atoms with van der Waals surface area (Å²) in [6.07, 6.45) is -0.304. The smallest absolute Gasteiger partial charge is 0.304 e. The summed E-state index contributed by atoms with van der Waals surface area (Å²) in [5.41, 5.74) is 0.493. The summed E-state index contributed by atoms with van der Waals surface area (Å²) in [6, 6.07) is 6.16. The lowest BCUT2D eigenvalue weighted by Gasteiger charge is -2.18. The Morgan fingerprint density at radius 1 is 1.52 bits per heavy atom. The van der Waals surface area contributed by atoms with Crippen molar-refractivity contribution in [2.75, 3.05) is 25.4 Å². The lowest BCUT2D eigenvalue weighted by molar-refractivity contribution is -0.137. The molecular weight excluding hydrogens is 298 g/mol. The first kappa shape index (κ1) is 16.7. The maximum atomic E-state index is 12.0. The normalized spacial score (nSPS) is 11.0.